The molecule has 0 aromatic rings. The van der Waals surface area contributed by atoms with Crippen molar-refractivity contribution in [1.82, 2.24) is 0 Å². The molecule has 0 amide bonds. The number of hydrogen-bond acceptors (Lipinski definition) is 2. The van der Waals surface area contributed by atoms with E-state index in [4.69, 9.17) is 10.8 Å². The molecule has 0 saturated heterocycles. The Hall–Kier alpha value is -0.0800. The maximum Gasteiger partial charge on any atom is 0.110 e. The molecule has 10 heavy (non-hydrogen) atoms. The van der Waals surface area contributed by atoms with Crippen LogP contribution >= 0.6 is 0 Å². The summed E-state index contributed by atoms with van der Waals surface area (Å²) in [6.07, 6.45) is 2.86. The normalized spacial score (nSPS) is 17.4. The van der Waals surface area contributed by atoms with E-state index >= 15 is 0 Å². The van der Waals surface area contributed by atoms with Gasteiger partial charge in [-0.1, -0.05) is 20.3 Å². The van der Waals surface area contributed by atoms with Crippen LogP contribution in [0.15, 0.2) is 0 Å². The van der Waals surface area contributed by atoms with E-state index in [1.807, 2.05) is 0 Å². The Kier molecular flexibility index (Phi) is 3.91. The molecule has 62 valence electrons. The van der Waals surface area contributed by atoms with Gasteiger partial charge in [-0.05, 0) is 25.7 Å². The highest BCUT2D eigenvalue weighted by atomic mass is 16.3. The third-order valence-electron chi connectivity index (χ3n) is 1.46. The van der Waals surface area contributed by atoms with Gasteiger partial charge < -0.3 is 10.8 Å². The van der Waals surface area contributed by atoms with Gasteiger partial charge in [0.1, 0.15) is 5.72 Å². The summed E-state index contributed by atoms with van der Waals surface area (Å²) in [5.74, 6) is 0.711. The second-order valence-electron chi connectivity index (χ2n) is 3.64. The van der Waals surface area contributed by atoms with Crippen molar-refractivity contribution >= 4 is 0 Å². The van der Waals surface area contributed by atoms with Crippen LogP contribution in [0, 0.1) is 5.92 Å². The van der Waals surface area contributed by atoms with Crippen LogP contribution in [0.25, 0.3) is 0 Å². The van der Waals surface area contributed by atoms with E-state index < -0.39 is 5.72 Å². The SMILES string of the molecule is CC(C)CCCC(C)(N)O. The lowest BCUT2D eigenvalue weighted by molar-refractivity contribution is 0.0543. The standard InChI is InChI=1S/C8H19NO/c1-7(2)5-4-6-8(3,9)10/h7,10H,4-6,9H2,1-3H3. The van der Waals surface area contributed by atoms with Crippen LogP contribution in [0.3, 0.4) is 0 Å². The first-order valence-corrected chi connectivity index (χ1v) is 3.93. The molecule has 1 unspecified atom stereocenters. The Balaban J connectivity index is 3.21. The van der Waals surface area contributed by atoms with E-state index in [1.165, 1.54) is 0 Å². The monoisotopic (exact) mass is 145 g/mol. The van der Waals surface area contributed by atoms with Crippen LogP contribution in [0.4, 0.5) is 0 Å². The fraction of sp³-hybridized carbons (Fsp3) is 1.00. The Labute approximate surface area is 63.4 Å². The van der Waals surface area contributed by atoms with E-state index in [-0.39, 0.29) is 0 Å². The molecular formula is C8H19NO. The van der Waals surface area contributed by atoms with E-state index in [1.54, 1.807) is 6.92 Å². The molecule has 0 heterocycles. The van der Waals surface area contributed by atoms with E-state index in [9.17, 15) is 0 Å². The van der Waals surface area contributed by atoms with Crippen molar-refractivity contribution < 1.29 is 5.11 Å². The summed E-state index contributed by atoms with van der Waals surface area (Å²) in [6.45, 7) is 5.99. The predicted octanol–water partition coefficient (Wildman–Crippen LogP) is 1.48. The van der Waals surface area contributed by atoms with Gasteiger partial charge in [0.15, 0.2) is 0 Å². The van der Waals surface area contributed by atoms with Crippen LogP contribution < -0.4 is 5.73 Å². The fourth-order valence-corrected chi connectivity index (χ4v) is 0.868. The van der Waals surface area contributed by atoms with Crippen molar-refractivity contribution in [2.75, 3.05) is 0 Å². The molecule has 0 fully saturated rings. The first kappa shape index (κ1) is 9.92. The zero-order chi connectivity index (χ0) is 8.20. The van der Waals surface area contributed by atoms with Crippen LogP contribution in [0.2, 0.25) is 0 Å². The lowest BCUT2D eigenvalue weighted by Crippen LogP contribution is -2.35. The predicted molar refractivity (Wildman–Crippen MR) is 43.5 cm³/mol. The molecule has 0 radical (unpaired) electrons. The smallest absolute Gasteiger partial charge is 0.110 e. The van der Waals surface area contributed by atoms with Crippen LogP contribution in [0.1, 0.15) is 40.0 Å². The van der Waals surface area contributed by atoms with Gasteiger partial charge in [-0.15, -0.1) is 0 Å². The van der Waals surface area contributed by atoms with Crippen molar-refractivity contribution in [3.8, 4) is 0 Å². The molecular weight excluding hydrogens is 126 g/mol. The van der Waals surface area contributed by atoms with Crippen LogP contribution in [0.5, 0.6) is 0 Å². The minimum atomic E-state index is -0.963. The molecule has 2 heteroatoms. The number of rotatable bonds is 4. The molecule has 0 aliphatic rings. The van der Waals surface area contributed by atoms with Gasteiger partial charge >= 0.3 is 0 Å². The summed E-state index contributed by atoms with van der Waals surface area (Å²) in [5.41, 5.74) is 4.41. The molecule has 0 aliphatic heterocycles. The van der Waals surface area contributed by atoms with Crippen molar-refractivity contribution in [1.29, 1.82) is 0 Å². The average Bonchev–Trinajstić information content (AvgIpc) is 1.59. The van der Waals surface area contributed by atoms with Gasteiger partial charge in [-0.2, -0.15) is 0 Å². The van der Waals surface area contributed by atoms with Crippen molar-refractivity contribution in [3.63, 3.8) is 0 Å². The Bertz CT molecular complexity index is 83.7. The maximum atomic E-state index is 9.11. The first-order valence-electron chi connectivity index (χ1n) is 3.93. The van der Waals surface area contributed by atoms with Crippen LogP contribution in [-0.4, -0.2) is 10.8 Å². The lowest BCUT2D eigenvalue weighted by atomic mass is 10.0. The molecule has 0 aromatic heterocycles. The quantitative estimate of drug-likeness (QED) is 0.588. The zero-order valence-electron chi connectivity index (χ0n) is 7.22. The molecule has 0 rings (SSSR count). The van der Waals surface area contributed by atoms with Gasteiger partial charge in [-0.3, -0.25) is 0 Å². The second kappa shape index (κ2) is 3.94. The summed E-state index contributed by atoms with van der Waals surface area (Å²) in [7, 11) is 0. The second-order valence-corrected chi connectivity index (χ2v) is 3.64. The minimum Gasteiger partial charge on any atom is -0.376 e. The lowest BCUT2D eigenvalue weighted by Gasteiger charge is -2.16. The van der Waals surface area contributed by atoms with Gasteiger partial charge in [0, 0.05) is 0 Å². The summed E-state index contributed by atoms with van der Waals surface area (Å²) in [4.78, 5) is 0. The third-order valence-corrected chi connectivity index (χ3v) is 1.46. The van der Waals surface area contributed by atoms with Crippen molar-refractivity contribution in [2.45, 2.75) is 45.8 Å². The van der Waals surface area contributed by atoms with E-state index in [0.717, 1.165) is 12.8 Å². The Morgan fingerprint density at radius 1 is 1.50 bits per heavy atom. The molecule has 1 atom stereocenters. The fourth-order valence-electron chi connectivity index (χ4n) is 0.868. The van der Waals surface area contributed by atoms with E-state index in [0.29, 0.717) is 12.3 Å². The van der Waals surface area contributed by atoms with Crippen LogP contribution in [-0.2, 0) is 0 Å². The molecule has 3 N–H and O–H groups in total. The van der Waals surface area contributed by atoms with E-state index in [2.05, 4.69) is 13.8 Å². The number of hydrogen-bond donors (Lipinski definition) is 2. The highest BCUT2D eigenvalue weighted by Crippen LogP contribution is 2.11. The Morgan fingerprint density at radius 3 is 2.30 bits per heavy atom. The molecule has 0 saturated carbocycles. The summed E-state index contributed by atoms with van der Waals surface area (Å²) < 4.78 is 0. The average molecular weight is 145 g/mol. The van der Waals surface area contributed by atoms with Crippen molar-refractivity contribution in [3.05, 3.63) is 0 Å². The topological polar surface area (TPSA) is 46.2 Å². The summed E-state index contributed by atoms with van der Waals surface area (Å²) in [6, 6.07) is 0. The summed E-state index contributed by atoms with van der Waals surface area (Å²) in [5, 5.41) is 9.11. The minimum absolute atomic E-state index is 0.700. The molecule has 0 aliphatic carbocycles. The highest BCUT2D eigenvalue weighted by Gasteiger charge is 2.11. The van der Waals surface area contributed by atoms with Gasteiger partial charge in [0.2, 0.25) is 0 Å². The van der Waals surface area contributed by atoms with Gasteiger partial charge in [0.25, 0.3) is 0 Å². The van der Waals surface area contributed by atoms with Gasteiger partial charge in [0.05, 0.1) is 0 Å². The molecule has 0 aromatic carbocycles. The largest absolute Gasteiger partial charge is 0.376 e. The first-order chi connectivity index (χ1) is 4.42. The highest BCUT2D eigenvalue weighted by molar-refractivity contribution is 4.62. The Morgan fingerprint density at radius 2 is 2.00 bits per heavy atom. The third kappa shape index (κ3) is 7.92. The molecule has 0 spiro atoms. The molecule has 2 nitrogen and oxygen atoms in total. The maximum absolute atomic E-state index is 9.11. The zero-order valence-corrected chi connectivity index (χ0v) is 7.22. The van der Waals surface area contributed by atoms with Gasteiger partial charge in [-0.25, -0.2) is 0 Å². The number of aliphatic hydroxyl groups is 1. The number of nitrogens with two attached hydrogens (primary N) is 1. The summed E-state index contributed by atoms with van der Waals surface area (Å²) >= 11 is 0. The molecule has 0 bridgehead atoms. The van der Waals surface area contributed by atoms with Crippen molar-refractivity contribution in [2.24, 2.45) is 11.7 Å².